The average Bonchev–Trinajstić information content (AvgIpc) is 2.83. The number of amides is 1. The minimum Gasteiger partial charge on any atom is -0.389 e. The van der Waals surface area contributed by atoms with Gasteiger partial charge in [-0.2, -0.15) is 0 Å². The van der Waals surface area contributed by atoms with Crippen LogP contribution in [0.15, 0.2) is 5.38 Å². The lowest BCUT2D eigenvalue weighted by atomic mass is 9.95. The lowest BCUT2D eigenvalue weighted by Gasteiger charge is -2.34. The summed E-state index contributed by atoms with van der Waals surface area (Å²) in [4.78, 5) is 20.8. The maximum absolute atomic E-state index is 12.4. The van der Waals surface area contributed by atoms with Crippen molar-refractivity contribution < 1.29 is 9.90 Å². The molecule has 1 aromatic rings. The van der Waals surface area contributed by atoms with E-state index in [0.717, 1.165) is 36.8 Å². The number of carbonyl (C=O) groups is 1. The summed E-state index contributed by atoms with van der Waals surface area (Å²) in [6.07, 6.45) is 1.71. The van der Waals surface area contributed by atoms with Crippen molar-refractivity contribution in [2.75, 3.05) is 31.6 Å². The highest BCUT2D eigenvalue weighted by Crippen LogP contribution is 2.27. The molecule has 1 amide bonds. The van der Waals surface area contributed by atoms with Crippen LogP contribution in [-0.4, -0.2) is 53.2 Å². The lowest BCUT2D eigenvalue weighted by Crippen LogP contribution is -2.45. The molecule has 1 saturated heterocycles. The molecule has 2 rings (SSSR count). The Morgan fingerprint density at radius 2 is 2.14 bits per heavy atom. The fraction of sp³-hybridized carbons (Fsp3) is 0.733. The molecule has 118 valence electrons. The lowest BCUT2D eigenvalue weighted by molar-refractivity contribution is -0.137. The van der Waals surface area contributed by atoms with Crippen molar-refractivity contribution in [2.45, 2.75) is 39.2 Å². The van der Waals surface area contributed by atoms with E-state index in [2.05, 4.69) is 15.3 Å². The first-order valence-corrected chi connectivity index (χ1v) is 8.28. The summed E-state index contributed by atoms with van der Waals surface area (Å²) >= 11 is 1.67. The Morgan fingerprint density at radius 1 is 1.52 bits per heavy atom. The largest absolute Gasteiger partial charge is 0.389 e. The fourth-order valence-corrected chi connectivity index (χ4v) is 3.63. The predicted molar refractivity (Wildman–Crippen MR) is 85.7 cm³/mol. The van der Waals surface area contributed by atoms with Crippen molar-refractivity contribution in [3.8, 4) is 0 Å². The van der Waals surface area contributed by atoms with Gasteiger partial charge in [0.15, 0.2) is 5.13 Å². The Labute approximate surface area is 130 Å². The molecular weight excluding hydrogens is 286 g/mol. The summed E-state index contributed by atoms with van der Waals surface area (Å²) in [5.74, 6) is 0.210. The topological polar surface area (TPSA) is 56.7 Å². The molecule has 21 heavy (non-hydrogen) atoms. The maximum atomic E-state index is 12.4. The number of aryl methyl sites for hydroxylation is 1. The molecule has 1 aliphatic rings. The van der Waals surface area contributed by atoms with Gasteiger partial charge in [-0.25, -0.2) is 4.98 Å². The van der Waals surface area contributed by atoms with Crippen LogP contribution in [0.2, 0.25) is 0 Å². The first-order chi connectivity index (χ1) is 9.76. The van der Waals surface area contributed by atoms with E-state index in [1.54, 1.807) is 37.1 Å². The standard InChI is InChI=1S/C15H25N3O2S/c1-11-9-21-14(16-11)18-7-5-12(6-8-18)13(19)17(4)10-15(2,3)20/h9,12,20H,5-8,10H2,1-4H3. The van der Waals surface area contributed by atoms with E-state index in [0.29, 0.717) is 6.54 Å². The highest BCUT2D eigenvalue weighted by atomic mass is 32.1. The van der Waals surface area contributed by atoms with Crippen LogP contribution < -0.4 is 4.90 Å². The van der Waals surface area contributed by atoms with E-state index < -0.39 is 5.60 Å². The van der Waals surface area contributed by atoms with Crippen LogP contribution in [0.1, 0.15) is 32.4 Å². The minimum absolute atomic E-state index is 0.0645. The first-order valence-electron chi connectivity index (χ1n) is 7.41. The highest BCUT2D eigenvalue weighted by Gasteiger charge is 2.29. The number of aliphatic hydroxyl groups is 1. The second-order valence-corrected chi connectivity index (χ2v) is 7.38. The van der Waals surface area contributed by atoms with Gasteiger partial charge in [-0.3, -0.25) is 4.79 Å². The zero-order chi connectivity index (χ0) is 15.6. The monoisotopic (exact) mass is 311 g/mol. The van der Waals surface area contributed by atoms with Gasteiger partial charge in [-0.1, -0.05) is 0 Å². The van der Waals surface area contributed by atoms with Crippen molar-refractivity contribution in [1.29, 1.82) is 0 Å². The number of nitrogens with zero attached hydrogens (tertiary/aromatic N) is 3. The molecule has 2 heterocycles. The Kier molecular flexibility index (Phi) is 4.88. The van der Waals surface area contributed by atoms with Crippen LogP contribution in [0.5, 0.6) is 0 Å². The Hall–Kier alpha value is -1.14. The van der Waals surface area contributed by atoms with Crippen LogP contribution in [-0.2, 0) is 4.79 Å². The predicted octanol–water partition coefficient (Wildman–Crippen LogP) is 1.90. The molecule has 5 nitrogen and oxygen atoms in total. The van der Waals surface area contributed by atoms with Gasteiger partial charge in [0.25, 0.3) is 0 Å². The number of anilines is 1. The molecule has 0 aromatic carbocycles. The number of carbonyl (C=O) groups excluding carboxylic acids is 1. The van der Waals surface area contributed by atoms with Crippen molar-refractivity contribution in [1.82, 2.24) is 9.88 Å². The van der Waals surface area contributed by atoms with Crippen LogP contribution in [0.4, 0.5) is 5.13 Å². The molecular formula is C15H25N3O2S. The summed E-state index contributed by atoms with van der Waals surface area (Å²) in [6, 6.07) is 0. The number of hydrogen-bond donors (Lipinski definition) is 1. The normalized spacial score (nSPS) is 17.1. The third-order valence-electron chi connectivity index (χ3n) is 3.72. The van der Waals surface area contributed by atoms with Crippen LogP contribution in [0.25, 0.3) is 0 Å². The van der Waals surface area contributed by atoms with E-state index >= 15 is 0 Å². The van der Waals surface area contributed by atoms with E-state index in [1.807, 2.05) is 6.92 Å². The van der Waals surface area contributed by atoms with Crippen LogP contribution in [0, 0.1) is 12.8 Å². The molecule has 0 saturated carbocycles. The third kappa shape index (κ3) is 4.41. The maximum Gasteiger partial charge on any atom is 0.225 e. The van der Waals surface area contributed by atoms with Crippen LogP contribution in [0.3, 0.4) is 0 Å². The molecule has 1 N–H and O–H groups in total. The molecule has 0 aliphatic carbocycles. The van der Waals surface area contributed by atoms with Gasteiger partial charge in [0, 0.05) is 38.0 Å². The summed E-state index contributed by atoms with van der Waals surface area (Å²) in [5, 5.41) is 12.9. The molecule has 1 aliphatic heterocycles. The summed E-state index contributed by atoms with van der Waals surface area (Å²) < 4.78 is 0. The van der Waals surface area contributed by atoms with Crippen molar-refractivity contribution in [2.24, 2.45) is 5.92 Å². The van der Waals surface area contributed by atoms with Crippen molar-refractivity contribution in [3.63, 3.8) is 0 Å². The van der Waals surface area contributed by atoms with Crippen LogP contribution >= 0.6 is 11.3 Å². The van der Waals surface area contributed by atoms with Gasteiger partial charge in [-0.05, 0) is 33.6 Å². The van der Waals surface area contributed by atoms with E-state index in [4.69, 9.17) is 0 Å². The van der Waals surface area contributed by atoms with Gasteiger partial charge in [0.05, 0.1) is 11.3 Å². The number of thiazole rings is 1. The molecule has 0 atom stereocenters. The number of piperidine rings is 1. The summed E-state index contributed by atoms with van der Waals surface area (Å²) in [5.41, 5.74) is 0.210. The number of rotatable bonds is 4. The quantitative estimate of drug-likeness (QED) is 0.923. The smallest absolute Gasteiger partial charge is 0.225 e. The number of hydrogen-bond acceptors (Lipinski definition) is 5. The zero-order valence-corrected chi connectivity index (χ0v) is 14.1. The van der Waals surface area contributed by atoms with Gasteiger partial charge < -0.3 is 14.9 Å². The van der Waals surface area contributed by atoms with E-state index in [-0.39, 0.29) is 11.8 Å². The summed E-state index contributed by atoms with van der Waals surface area (Å²) in [6.45, 7) is 7.58. The molecule has 0 unspecified atom stereocenters. The van der Waals surface area contributed by atoms with Crippen molar-refractivity contribution in [3.05, 3.63) is 11.1 Å². The van der Waals surface area contributed by atoms with Gasteiger partial charge >= 0.3 is 0 Å². The SMILES string of the molecule is Cc1csc(N2CCC(C(=O)N(C)CC(C)(C)O)CC2)n1. The molecule has 0 bridgehead atoms. The van der Waals surface area contributed by atoms with Gasteiger partial charge in [-0.15, -0.1) is 11.3 Å². The highest BCUT2D eigenvalue weighted by molar-refractivity contribution is 7.13. The Bertz CT molecular complexity index is 487. The molecule has 1 aromatic heterocycles. The second-order valence-electron chi connectivity index (χ2n) is 6.54. The van der Waals surface area contributed by atoms with Gasteiger partial charge in [0.2, 0.25) is 5.91 Å². The van der Waals surface area contributed by atoms with E-state index in [1.165, 1.54) is 0 Å². The first kappa shape index (κ1) is 16.2. The second kappa shape index (κ2) is 6.32. The number of likely N-dealkylation sites (N-methyl/N-ethyl adjacent to an activating group) is 1. The fourth-order valence-electron chi connectivity index (χ4n) is 2.77. The molecule has 6 heteroatoms. The zero-order valence-electron chi connectivity index (χ0n) is 13.3. The molecule has 0 radical (unpaired) electrons. The summed E-state index contributed by atoms with van der Waals surface area (Å²) in [7, 11) is 1.77. The minimum atomic E-state index is -0.844. The average molecular weight is 311 g/mol. The molecule has 0 spiro atoms. The van der Waals surface area contributed by atoms with E-state index in [9.17, 15) is 9.90 Å². The molecule has 1 fully saturated rings. The number of aromatic nitrogens is 1. The van der Waals surface area contributed by atoms with Crippen molar-refractivity contribution >= 4 is 22.4 Å². The third-order valence-corrected chi connectivity index (χ3v) is 4.74. The van der Waals surface area contributed by atoms with Gasteiger partial charge in [0.1, 0.15) is 0 Å². The Morgan fingerprint density at radius 3 is 2.62 bits per heavy atom. The Balaban J connectivity index is 1.87.